The second-order valence-electron chi connectivity index (χ2n) is 14.8. The Morgan fingerprint density at radius 1 is 0.328 bits per heavy atom. The topological polar surface area (TPSA) is 16.4 Å². The van der Waals surface area contributed by atoms with E-state index in [4.69, 9.17) is 4.42 Å². The Kier molecular flexibility index (Phi) is 7.62. The number of para-hydroxylation sites is 2. The van der Waals surface area contributed by atoms with E-state index in [9.17, 15) is 0 Å². The van der Waals surface area contributed by atoms with Crippen molar-refractivity contribution in [2.45, 2.75) is 0 Å². The lowest BCUT2D eigenvalue weighted by Gasteiger charge is -2.26. The van der Waals surface area contributed by atoms with Crippen molar-refractivity contribution < 1.29 is 4.42 Å². The van der Waals surface area contributed by atoms with Crippen molar-refractivity contribution in [1.29, 1.82) is 0 Å². The van der Waals surface area contributed by atoms with Crippen LogP contribution >= 0.6 is 22.7 Å². The van der Waals surface area contributed by atoms with Gasteiger partial charge in [-0.3, -0.25) is 0 Å². The predicted octanol–water partition coefficient (Wildman–Crippen LogP) is 16.8. The third-order valence-electron chi connectivity index (χ3n) is 11.5. The van der Waals surface area contributed by atoms with E-state index in [0.29, 0.717) is 0 Å². The van der Waals surface area contributed by atoms with Crippen LogP contribution in [0.4, 0.5) is 17.1 Å². The molecule has 3 aromatic heterocycles. The van der Waals surface area contributed by atoms with E-state index in [1.807, 2.05) is 22.7 Å². The standard InChI is InChI=1S/C54H33NOS2/c1-3-12-34(13-4-1)35-24-28-38(29-25-35)55(46-21-10-20-44-43-19-9-18-41(52(43)56-53(44)46)36-14-5-2-6-15-36)39-30-26-37(27-31-39)40-17-11-23-48-50(40)51-49(57-48)33-32-45-42-16-7-8-22-47(42)58-54(45)51/h1-33H. The number of rotatable bonds is 6. The molecule has 58 heavy (non-hydrogen) atoms. The summed E-state index contributed by atoms with van der Waals surface area (Å²) in [5.41, 5.74) is 11.9. The van der Waals surface area contributed by atoms with Crippen LogP contribution in [0.25, 0.3) is 95.7 Å². The highest BCUT2D eigenvalue weighted by Gasteiger charge is 2.22. The van der Waals surface area contributed by atoms with Crippen molar-refractivity contribution in [3.8, 4) is 33.4 Å². The monoisotopic (exact) mass is 775 g/mol. The van der Waals surface area contributed by atoms with Gasteiger partial charge in [0.05, 0.1) is 5.69 Å². The van der Waals surface area contributed by atoms with Gasteiger partial charge in [-0.2, -0.15) is 0 Å². The molecular weight excluding hydrogens is 743 g/mol. The molecular formula is C54H33NOS2. The average Bonchev–Trinajstić information content (AvgIpc) is 3.99. The van der Waals surface area contributed by atoms with Crippen LogP contribution in [0.5, 0.6) is 0 Å². The van der Waals surface area contributed by atoms with Crippen molar-refractivity contribution in [2.24, 2.45) is 0 Å². The van der Waals surface area contributed by atoms with Gasteiger partial charge in [0.1, 0.15) is 5.58 Å². The maximum atomic E-state index is 6.98. The Morgan fingerprint density at radius 2 is 0.879 bits per heavy atom. The van der Waals surface area contributed by atoms with Crippen molar-refractivity contribution >= 4 is 102 Å². The third-order valence-corrected chi connectivity index (χ3v) is 13.8. The van der Waals surface area contributed by atoms with Crippen LogP contribution in [-0.2, 0) is 0 Å². The van der Waals surface area contributed by atoms with Gasteiger partial charge in [-0.25, -0.2) is 0 Å². The second kappa shape index (κ2) is 13.3. The summed E-state index contributed by atoms with van der Waals surface area (Å²) in [6, 6.07) is 72.2. The Bertz CT molecular complexity index is 3490. The number of fused-ring (bicyclic) bond motifs is 10. The fourth-order valence-corrected chi connectivity index (χ4v) is 11.3. The van der Waals surface area contributed by atoms with Gasteiger partial charge >= 0.3 is 0 Å². The summed E-state index contributed by atoms with van der Waals surface area (Å²) in [7, 11) is 0. The maximum Gasteiger partial charge on any atom is 0.159 e. The van der Waals surface area contributed by atoms with E-state index in [1.54, 1.807) is 0 Å². The molecule has 0 spiro atoms. The number of benzene rings is 9. The van der Waals surface area contributed by atoms with Crippen LogP contribution in [-0.4, -0.2) is 0 Å². The highest BCUT2D eigenvalue weighted by Crippen LogP contribution is 2.48. The van der Waals surface area contributed by atoms with Gasteiger partial charge in [0.15, 0.2) is 5.58 Å². The lowest BCUT2D eigenvalue weighted by molar-refractivity contribution is 0.670. The molecule has 0 atom stereocenters. The number of hydrogen-bond donors (Lipinski definition) is 0. The fraction of sp³-hybridized carbons (Fsp3) is 0. The molecule has 4 heteroatoms. The summed E-state index contributed by atoms with van der Waals surface area (Å²) in [4.78, 5) is 2.34. The second-order valence-corrected chi connectivity index (χ2v) is 16.9. The Balaban J connectivity index is 1.03. The third kappa shape index (κ3) is 5.23. The van der Waals surface area contributed by atoms with E-state index in [2.05, 4.69) is 205 Å². The number of nitrogens with zero attached hydrogens (tertiary/aromatic N) is 1. The molecule has 2 nitrogen and oxygen atoms in total. The van der Waals surface area contributed by atoms with E-state index in [0.717, 1.165) is 50.1 Å². The number of anilines is 3. The smallest absolute Gasteiger partial charge is 0.159 e. The van der Waals surface area contributed by atoms with Gasteiger partial charge in [-0.05, 0) is 76.3 Å². The molecule has 12 rings (SSSR count). The van der Waals surface area contributed by atoms with Gasteiger partial charge in [0.25, 0.3) is 0 Å². The van der Waals surface area contributed by atoms with Gasteiger partial charge in [0.2, 0.25) is 0 Å². The van der Waals surface area contributed by atoms with Gasteiger partial charge in [-0.15, -0.1) is 22.7 Å². The molecule has 0 N–H and O–H groups in total. The Morgan fingerprint density at radius 3 is 1.66 bits per heavy atom. The Labute approximate surface area is 343 Å². The summed E-state index contributed by atoms with van der Waals surface area (Å²) in [5, 5.41) is 7.57. The lowest BCUT2D eigenvalue weighted by Crippen LogP contribution is -2.10. The lowest BCUT2D eigenvalue weighted by atomic mass is 9.98. The highest BCUT2D eigenvalue weighted by molar-refractivity contribution is 7.29. The molecule has 0 aliphatic heterocycles. The predicted molar refractivity (Wildman–Crippen MR) is 250 cm³/mol. The van der Waals surface area contributed by atoms with Crippen LogP contribution in [0.2, 0.25) is 0 Å². The first-order valence-electron chi connectivity index (χ1n) is 19.6. The summed E-state index contributed by atoms with van der Waals surface area (Å²) < 4.78 is 12.3. The van der Waals surface area contributed by atoms with Crippen LogP contribution < -0.4 is 4.90 Å². The minimum absolute atomic E-state index is 0.860. The first-order chi connectivity index (χ1) is 28.8. The molecule has 0 amide bonds. The quantitative estimate of drug-likeness (QED) is 0.167. The molecule has 9 aromatic carbocycles. The first-order valence-corrected chi connectivity index (χ1v) is 21.2. The maximum absolute atomic E-state index is 6.98. The molecule has 0 saturated carbocycles. The zero-order valence-corrected chi connectivity index (χ0v) is 32.9. The van der Waals surface area contributed by atoms with Crippen LogP contribution in [0.1, 0.15) is 0 Å². The van der Waals surface area contributed by atoms with Crippen molar-refractivity contribution in [3.05, 3.63) is 200 Å². The highest BCUT2D eigenvalue weighted by atomic mass is 32.1. The average molecular weight is 776 g/mol. The van der Waals surface area contributed by atoms with Gasteiger partial charge in [-0.1, -0.05) is 152 Å². The van der Waals surface area contributed by atoms with E-state index in [1.165, 1.54) is 62.6 Å². The van der Waals surface area contributed by atoms with E-state index < -0.39 is 0 Å². The number of hydrogen-bond acceptors (Lipinski definition) is 4. The van der Waals surface area contributed by atoms with Crippen LogP contribution in [0.3, 0.4) is 0 Å². The zero-order chi connectivity index (χ0) is 38.2. The largest absolute Gasteiger partial charge is 0.453 e. The zero-order valence-electron chi connectivity index (χ0n) is 31.2. The minimum atomic E-state index is 0.860. The molecule has 0 unspecified atom stereocenters. The molecule has 0 aliphatic rings. The molecule has 272 valence electrons. The van der Waals surface area contributed by atoms with Crippen molar-refractivity contribution in [3.63, 3.8) is 0 Å². The van der Waals surface area contributed by atoms with E-state index >= 15 is 0 Å². The summed E-state index contributed by atoms with van der Waals surface area (Å²) in [6.07, 6.45) is 0. The van der Waals surface area contributed by atoms with Gasteiger partial charge in [0, 0.05) is 68.1 Å². The van der Waals surface area contributed by atoms with Crippen molar-refractivity contribution in [1.82, 2.24) is 0 Å². The van der Waals surface area contributed by atoms with E-state index in [-0.39, 0.29) is 0 Å². The SMILES string of the molecule is c1ccc(-c2ccc(N(c3ccc(-c4cccc5sc6ccc7c8ccccc8sc7c6c45)cc3)c3cccc4c3oc3c(-c5ccccc5)cccc34)cc2)cc1. The number of thiophene rings is 2. The molecule has 0 radical (unpaired) electrons. The van der Waals surface area contributed by atoms with Crippen molar-refractivity contribution in [2.75, 3.05) is 4.90 Å². The molecule has 0 fully saturated rings. The van der Waals surface area contributed by atoms with Crippen LogP contribution in [0.15, 0.2) is 205 Å². The molecule has 0 saturated heterocycles. The normalized spacial score (nSPS) is 11.8. The molecule has 0 bridgehead atoms. The first kappa shape index (κ1) is 33.2. The minimum Gasteiger partial charge on any atom is -0.453 e. The summed E-state index contributed by atoms with van der Waals surface area (Å²) in [5.74, 6) is 0. The molecule has 3 heterocycles. The summed E-state index contributed by atoms with van der Waals surface area (Å²) in [6.45, 7) is 0. The fourth-order valence-electron chi connectivity index (χ4n) is 8.80. The number of furan rings is 1. The summed E-state index contributed by atoms with van der Waals surface area (Å²) >= 11 is 3.80. The Hall–Kier alpha value is -6.98. The van der Waals surface area contributed by atoms with Crippen LogP contribution in [0, 0.1) is 0 Å². The molecule has 12 aromatic rings. The van der Waals surface area contributed by atoms with Gasteiger partial charge < -0.3 is 9.32 Å². The molecule has 0 aliphatic carbocycles.